The van der Waals surface area contributed by atoms with Gasteiger partial charge in [-0.05, 0) is 5.56 Å². The Hall–Kier alpha value is -0.700. The third kappa shape index (κ3) is 2.92. The van der Waals surface area contributed by atoms with Crippen LogP contribution < -0.4 is 0 Å². The Kier molecular flexibility index (Phi) is 4.09. The first-order valence-electron chi connectivity index (χ1n) is 3.85. The van der Waals surface area contributed by atoms with Crippen LogP contribution in [0.4, 0.5) is 8.78 Å². The van der Waals surface area contributed by atoms with Crippen molar-refractivity contribution in [1.82, 2.24) is 0 Å². The normalized spacial score (nSPS) is 11.4. The molecule has 0 spiro atoms. The summed E-state index contributed by atoms with van der Waals surface area (Å²) in [4.78, 5) is 0. The molecule has 0 amide bonds. The molecule has 0 saturated carbocycles. The molecule has 0 nitrogen and oxygen atoms in total. The van der Waals surface area contributed by atoms with Crippen LogP contribution in [0, 0.1) is 0 Å². The van der Waals surface area contributed by atoms with Crippen LogP contribution in [0.1, 0.15) is 17.6 Å². The highest BCUT2D eigenvalue weighted by atomic mass is 79.9. The van der Waals surface area contributed by atoms with Gasteiger partial charge >= 0.3 is 0 Å². The fourth-order valence-corrected chi connectivity index (χ4v) is 1.22. The maximum absolute atomic E-state index is 12.4. The molecule has 0 aliphatic carbocycles. The molecule has 1 rings (SSSR count). The van der Waals surface area contributed by atoms with E-state index in [1.54, 1.807) is 30.4 Å². The SMILES string of the molecule is FC(F)c1ccccc1C=CCBr. The summed E-state index contributed by atoms with van der Waals surface area (Å²) in [5.74, 6) is 0. The molecule has 0 aliphatic heterocycles. The summed E-state index contributed by atoms with van der Waals surface area (Å²) in [6.07, 6.45) is 1.08. The molecule has 0 bridgehead atoms. The third-order valence-corrected chi connectivity index (χ3v) is 1.99. The number of alkyl halides is 3. The number of allylic oxidation sites excluding steroid dienone is 1. The molecule has 0 unspecified atom stereocenters. The van der Waals surface area contributed by atoms with Gasteiger partial charge in [0.05, 0.1) is 0 Å². The largest absolute Gasteiger partial charge is 0.264 e. The molecule has 1 aromatic rings. The molecule has 0 heterocycles. The molecular weight excluding hydrogens is 238 g/mol. The number of halogens is 3. The van der Waals surface area contributed by atoms with Gasteiger partial charge in [0.1, 0.15) is 0 Å². The van der Waals surface area contributed by atoms with Crippen LogP contribution in [0.2, 0.25) is 0 Å². The van der Waals surface area contributed by atoms with Gasteiger partial charge in [-0.2, -0.15) is 0 Å². The predicted molar refractivity (Wildman–Crippen MR) is 54.2 cm³/mol. The standard InChI is InChI=1S/C10H9BrF2/c11-7-3-5-8-4-1-2-6-9(8)10(12)13/h1-6,10H,7H2. The Morgan fingerprint density at radius 1 is 1.31 bits per heavy atom. The van der Waals surface area contributed by atoms with Crippen LogP contribution in [0.5, 0.6) is 0 Å². The molecule has 0 N–H and O–H groups in total. The zero-order chi connectivity index (χ0) is 9.68. The average Bonchev–Trinajstić information content (AvgIpc) is 2.15. The van der Waals surface area contributed by atoms with Crippen LogP contribution in [0.25, 0.3) is 6.08 Å². The van der Waals surface area contributed by atoms with Crippen LogP contribution in [0.15, 0.2) is 30.3 Å². The minimum atomic E-state index is -2.41. The third-order valence-electron chi connectivity index (χ3n) is 1.62. The van der Waals surface area contributed by atoms with Crippen molar-refractivity contribution in [2.75, 3.05) is 5.33 Å². The molecule has 0 saturated heterocycles. The Bertz CT molecular complexity index is 295. The van der Waals surface area contributed by atoms with Crippen LogP contribution in [-0.4, -0.2) is 5.33 Å². The van der Waals surface area contributed by atoms with E-state index in [1.165, 1.54) is 6.07 Å². The minimum Gasteiger partial charge on any atom is -0.205 e. The highest BCUT2D eigenvalue weighted by molar-refractivity contribution is 9.09. The summed E-state index contributed by atoms with van der Waals surface area (Å²) in [7, 11) is 0. The number of hydrogen-bond acceptors (Lipinski definition) is 0. The van der Waals surface area contributed by atoms with Gasteiger partial charge in [0.15, 0.2) is 0 Å². The summed E-state index contributed by atoms with van der Waals surface area (Å²) < 4.78 is 24.8. The first kappa shape index (κ1) is 10.4. The molecule has 1 aromatic carbocycles. The Labute approximate surface area is 84.4 Å². The zero-order valence-corrected chi connectivity index (χ0v) is 8.47. The lowest BCUT2D eigenvalue weighted by atomic mass is 10.1. The number of hydrogen-bond donors (Lipinski definition) is 0. The van der Waals surface area contributed by atoms with E-state index in [4.69, 9.17) is 0 Å². The van der Waals surface area contributed by atoms with Crippen LogP contribution >= 0.6 is 15.9 Å². The second kappa shape index (κ2) is 5.12. The second-order valence-corrected chi connectivity index (χ2v) is 3.13. The molecule has 0 aliphatic rings. The van der Waals surface area contributed by atoms with Gasteiger partial charge in [-0.1, -0.05) is 52.3 Å². The van der Waals surface area contributed by atoms with E-state index in [9.17, 15) is 8.78 Å². The van der Waals surface area contributed by atoms with Gasteiger partial charge in [-0.25, -0.2) is 8.78 Å². The van der Waals surface area contributed by atoms with Gasteiger partial charge in [0.25, 0.3) is 6.43 Å². The molecular formula is C10H9BrF2. The summed E-state index contributed by atoms with van der Waals surface area (Å²) in [6.45, 7) is 0. The molecule has 0 fully saturated rings. The minimum absolute atomic E-state index is 0.0831. The maximum Gasteiger partial charge on any atom is 0.264 e. The van der Waals surface area contributed by atoms with E-state index in [-0.39, 0.29) is 5.56 Å². The quantitative estimate of drug-likeness (QED) is 0.707. The monoisotopic (exact) mass is 246 g/mol. The first-order valence-corrected chi connectivity index (χ1v) is 4.97. The van der Waals surface area contributed by atoms with Crippen molar-refractivity contribution in [3.63, 3.8) is 0 Å². The molecule has 3 heteroatoms. The van der Waals surface area contributed by atoms with Gasteiger partial charge in [-0.15, -0.1) is 0 Å². The first-order chi connectivity index (χ1) is 6.25. The smallest absolute Gasteiger partial charge is 0.205 e. The average molecular weight is 247 g/mol. The van der Waals surface area contributed by atoms with Crippen LogP contribution in [0.3, 0.4) is 0 Å². The fraction of sp³-hybridized carbons (Fsp3) is 0.200. The lowest BCUT2D eigenvalue weighted by molar-refractivity contribution is 0.151. The van der Waals surface area contributed by atoms with E-state index >= 15 is 0 Å². The van der Waals surface area contributed by atoms with Crippen molar-refractivity contribution < 1.29 is 8.78 Å². The Morgan fingerprint density at radius 3 is 2.62 bits per heavy atom. The van der Waals surface area contributed by atoms with E-state index in [1.807, 2.05) is 0 Å². The number of rotatable bonds is 3. The Balaban J connectivity index is 2.97. The van der Waals surface area contributed by atoms with Crippen molar-refractivity contribution in [3.05, 3.63) is 41.5 Å². The maximum atomic E-state index is 12.4. The topological polar surface area (TPSA) is 0 Å². The van der Waals surface area contributed by atoms with Gasteiger partial charge in [-0.3, -0.25) is 0 Å². The van der Waals surface area contributed by atoms with E-state index in [0.717, 1.165) is 0 Å². The van der Waals surface area contributed by atoms with E-state index < -0.39 is 6.43 Å². The summed E-state index contributed by atoms with van der Waals surface area (Å²) >= 11 is 3.19. The summed E-state index contributed by atoms with van der Waals surface area (Å²) in [5.41, 5.74) is 0.664. The zero-order valence-electron chi connectivity index (χ0n) is 6.88. The summed E-state index contributed by atoms with van der Waals surface area (Å²) in [5, 5.41) is 0.671. The lowest BCUT2D eigenvalue weighted by Gasteiger charge is -2.03. The molecule has 0 radical (unpaired) electrons. The van der Waals surface area contributed by atoms with Crippen molar-refractivity contribution in [1.29, 1.82) is 0 Å². The van der Waals surface area contributed by atoms with Gasteiger partial charge in [0, 0.05) is 10.9 Å². The molecule has 70 valence electrons. The van der Waals surface area contributed by atoms with Crippen molar-refractivity contribution in [3.8, 4) is 0 Å². The predicted octanol–water partition coefficient (Wildman–Crippen LogP) is 4.03. The van der Waals surface area contributed by atoms with Gasteiger partial charge in [0.2, 0.25) is 0 Å². The van der Waals surface area contributed by atoms with Gasteiger partial charge < -0.3 is 0 Å². The number of benzene rings is 1. The summed E-state index contributed by atoms with van der Waals surface area (Å²) in [6, 6.07) is 6.49. The van der Waals surface area contributed by atoms with Crippen molar-refractivity contribution in [2.45, 2.75) is 6.43 Å². The highest BCUT2D eigenvalue weighted by Crippen LogP contribution is 2.23. The van der Waals surface area contributed by atoms with Crippen molar-refractivity contribution in [2.24, 2.45) is 0 Å². The lowest BCUT2D eigenvalue weighted by Crippen LogP contribution is -1.87. The second-order valence-electron chi connectivity index (χ2n) is 2.49. The molecule has 13 heavy (non-hydrogen) atoms. The van der Waals surface area contributed by atoms with Crippen molar-refractivity contribution >= 4 is 22.0 Å². The molecule has 0 aromatic heterocycles. The van der Waals surface area contributed by atoms with E-state index in [0.29, 0.717) is 10.9 Å². The van der Waals surface area contributed by atoms with E-state index in [2.05, 4.69) is 15.9 Å². The highest BCUT2D eigenvalue weighted by Gasteiger charge is 2.09. The molecule has 0 atom stereocenters. The van der Waals surface area contributed by atoms with Crippen LogP contribution in [-0.2, 0) is 0 Å². The fourth-order valence-electron chi connectivity index (χ4n) is 1.03. The Morgan fingerprint density at radius 2 is 2.00 bits per heavy atom.